The summed E-state index contributed by atoms with van der Waals surface area (Å²) in [7, 11) is 0. The maximum absolute atomic E-state index is 12.2. The molecule has 0 radical (unpaired) electrons. The van der Waals surface area contributed by atoms with E-state index in [9.17, 15) is 4.39 Å². The minimum atomic E-state index is -0.211. The lowest BCUT2D eigenvalue weighted by molar-refractivity contribution is -0.185. The Bertz CT molecular complexity index is 327. The first-order chi connectivity index (χ1) is 9.81. The van der Waals surface area contributed by atoms with Gasteiger partial charge < -0.3 is 9.47 Å². The Morgan fingerprint density at radius 3 is 2.20 bits per heavy atom. The van der Waals surface area contributed by atoms with E-state index in [2.05, 4.69) is 6.08 Å². The molecule has 0 aromatic heterocycles. The summed E-state index contributed by atoms with van der Waals surface area (Å²) in [6, 6.07) is 0. The van der Waals surface area contributed by atoms with E-state index in [4.69, 9.17) is 9.47 Å². The molecule has 1 saturated heterocycles. The van der Waals surface area contributed by atoms with E-state index in [0.717, 1.165) is 37.9 Å². The standard InChI is InChI=1S/C17H27FO2/c18-11-1-2-14-3-5-15(6-4-14)16-7-9-17(10-8-16)19-12-13-20-17/h2,15-16H,1,3-13H2. The summed E-state index contributed by atoms with van der Waals surface area (Å²) in [5.74, 6) is 1.52. The first kappa shape index (κ1) is 14.5. The molecule has 3 heteroatoms. The van der Waals surface area contributed by atoms with Gasteiger partial charge in [0.15, 0.2) is 5.79 Å². The van der Waals surface area contributed by atoms with Gasteiger partial charge in [-0.3, -0.25) is 4.39 Å². The fourth-order valence-electron chi connectivity index (χ4n) is 4.28. The topological polar surface area (TPSA) is 18.5 Å². The van der Waals surface area contributed by atoms with E-state index in [1.54, 1.807) is 0 Å². The molecule has 20 heavy (non-hydrogen) atoms. The predicted octanol–water partition coefficient (Wildman–Crippen LogP) is 4.40. The van der Waals surface area contributed by atoms with E-state index >= 15 is 0 Å². The van der Waals surface area contributed by atoms with Gasteiger partial charge in [-0.25, -0.2) is 0 Å². The summed E-state index contributed by atoms with van der Waals surface area (Å²) in [5, 5.41) is 0. The Labute approximate surface area is 121 Å². The molecule has 1 heterocycles. The Morgan fingerprint density at radius 2 is 1.60 bits per heavy atom. The van der Waals surface area contributed by atoms with Crippen LogP contribution in [0.2, 0.25) is 0 Å². The van der Waals surface area contributed by atoms with Crippen molar-refractivity contribution in [2.24, 2.45) is 11.8 Å². The van der Waals surface area contributed by atoms with Crippen LogP contribution in [0.4, 0.5) is 4.39 Å². The zero-order chi connectivity index (χ0) is 13.8. The Kier molecular flexibility index (Phi) is 4.77. The van der Waals surface area contributed by atoms with Gasteiger partial charge in [0.1, 0.15) is 0 Å². The molecule has 0 unspecified atom stereocenters. The second-order valence-electron chi connectivity index (χ2n) is 6.62. The minimum absolute atomic E-state index is 0.211. The van der Waals surface area contributed by atoms with Crippen molar-refractivity contribution in [1.29, 1.82) is 0 Å². The number of hydrogen-bond donors (Lipinski definition) is 0. The molecule has 0 amide bonds. The molecule has 114 valence electrons. The first-order valence-electron chi connectivity index (χ1n) is 8.33. The third-order valence-corrected chi connectivity index (χ3v) is 5.49. The van der Waals surface area contributed by atoms with Crippen LogP contribution in [-0.2, 0) is 9.47 Å². The molecule has 3 fully saturated rings. The highest BCUT2D eigenvalue weighted by molar-refractivity contribution is 5.06. The number of alkyl halides is 1. The molecule has 3 aliphatic rings. The van der Waals surface area contributed by atoms with Crippen molar-refractivity contribution < 1.29 is 13.9 Å². The molecule has 0 aromatic carbocycles. The van der Waals surface area contributed by atoms with Gasteiger partial charge >= 0.3 is 0 Å². The fraction of sp³-hybridized carbons (Fsp3) is 0.882. The summed E-state index contributed by atoms with van der Waals surface area (Å²) >= 11 is 0. The van der Waals surface area contributed by atoms with Gasteiger partial charge in [-0.1, -0.05) is 11.6 Å². The van der Waals surface area contributed by atoms with Gasteiger partial charge in [0.2, 0.25) is 0 Å². The van der Waals surface area contributed by atoms with E-state index in [-0.39, 0.29) is 12.5 Å². The van der Waals surface area contributed by atoms with Crippen LogP contribution in [0, 0.1) is 11.8 Å². The van der Waals surface area contributed by atoms with Crippen molar-refractivity contribution in [3.8, 4) is 0 Å². The lowest BCUT2D eigenvalue weighted by Crippen LogP contribution is -2.37. The summed E-state index contributed by atoms with van der Waals surface area (Å²) in [6.45, 7) is 1.34. The van der Waals surface area contributed by atoms with Crippen LogP contribution in [0.15, 0.2) is 11.6 Å². The zero-order valence-corrected chi connectivity index (χ0v) is 12.4. The van der Waals surface area contributed by atoms with Crippen molar-refractivity contribution in [2.75, 3.05) is 19.9 Å². The van der Waals surface area contributed by atoms with Crippen LogP contribution in [-0.4, -0.2) is 25.7 Å². The second-order valence-corrected chi connectivity index (χ2v) is 6.62. The van der Waals surface area contributed by atoms with Gasteiger partial charge in [-0.05, 0) is 56.8 Å². The van der Waals surface area contributed by atoms with Gasteiger partial charge in [0.05, 0.1) is 19.9 Å². The third kappa shape index (κ3) is 3.25. The van der Waals surface area contributed by atoms with E-state index < -0.39 is 0 Å². The second kappa shape index (κ2) is 6.57. The number of hydrogen-bond acceptors (Lipinski definition) is 2. The van der Waals surface area contributed by atoms with Gasteiger partial charge in [0.25, 0.3) is 0 Å². The average Bonchev–Trinajstić information content (AvgIpc) is 2.95. The minimum Gasteiger partial charge on any atom is -0.348 e. The summed E-state index contributed by atoms with van der Waals surface area (Å²) < 4.78 is 23.8. The molecule has 1 aliphatic heterocycles. The normalized spacial score (nSPS) is 30.9. The smallest absolute Gasteiger partial charge is 0.168 e. The summed E-state index contributed by atoms with van der Waals surface area (Å²) in [4.78, 5) is 0. The number of allylic oxidation sites excluding steroid dienone is 2. The average molecular weight is 282 g/mol. The van der Waals surface area contributed by atoms with E-state index in [0.29, 0.717) is 6.42 Å². The highest BCUT2D eigenvalue weighted by Crippen LogP contribution is 2.44. The van der Waals surface area contributed by atoms with Crippen molar-refractivity contribution >= 4 is 0 Å². The van der Waals surface area contributed by atoms with Crippen molar-refractivity contribution in [3.63, 3.8) is 0 Å². The highest BCUT2D eigenvalue weighted by atomic mass is 19.1. The Hall–Kier alpha value is -0.410. The monoisotopic (exact) mass is 282 g/mol. The van der Waals surface area contributed by atoms with Crippen LogP contribution in [0.3, 0.4) is 0 Å². The molecular formula is C17H27FO2. The highest BCUT2D eigenvalue weighted by Gasteiger charge is 2.42. The van der Waals surface area contributed by atoms with Gasteiger partial charge in [-0.15, -0.1) is 0 Å². The Balaban J connectivity index is 1.45. The van der Waals surface area contributed by atoms with Gasteiger partial charge in [0, 0.05) is 12.8 Å². The largest absolute Gasteiger partial charge is 0.348 e. The van der Waals surface area contributed by atoms with Gasteiger partial charge in [-0.2, -0.15) is 0 Å². The molecule has 1 spiro atoms. The Morgan fingerprint density at radius 1 is 1.00 bits per heavy atom. The quantitative estimate of drug-likeness (QED) is 0.714. The molecule has 0 bridgehead atoms. The maximum Gasteiger partial charge on any atom is 0.168 e. The van der Waals surface area contributed by atoms with Crippen LogP contribution >= 0.6 is 0 Å². The fourth-order valence-corrected chi connectivity index (χ4v) is 4.28. The molecule has 3 rings (SSSR count). The van der Waals surface area contributed by atoms with Crippen LogP contribution in [0.25, 0.3) is 0 Å². The number of ether oxygens (including phenoxy) is 2. The molecule has 0 atom stereocenters. The molecular weight excluding hydrogens is 255 g/mol. The molecule has 2 aliphatic carbocycles. The van der Waals surface area contributed by atoms with E-state index in [1.807, 2.05) is 0 Å². The van der Waals surface area contributed by atoms with Crippen molar-refractivity contribution in [3.05, 3.63) is 11.6 Å². The van der Waals surface area contributed by atoms with Crippen LogP contribution < -0.4 is 0 Å². The third-order valence-electron chi connectivity index (χ3n) is 5.49. The number of rotatable bonds is 3. The zero-order valence-electron chi connectivity index (χ0n) is 12.4. The molecule has 2 nitrogen and oxygen atoms in total. The van der Waals surface area contributed by atoms with Crippen LogP contribution in [0.5, 0.6) is 0 Å². The number of halogens is 1. The summed E-state index contributed by atoms with van der Waals surface area (Å²) in [6.07, 6.45) is 12.4. The van der Waals surface area contributed by atoms with Crippen LogP contribution in [0.1, 0.15) is 57.8 Å². The lowest BCUT2D eigenvalue weighted by Gasteiger charge is -2.40. The first-order valence-corrected chi connectivity index (χ1v) is 8.33. The van der Waals surface area contributed by atoms with E-state index in [1.165, 1.54) is 44.1 Å². The molecule has 2 saturated carbocycles. The van der Waals surface area contributed by atoms with Crippen molar-refractivity contribution in [2.45, 2.75) is 63.6 Å². The summed E-state index contributed by atoms with van der Waals surface area (Å²) in [5.41, 5.74) is 1.49. The molecule has 0 aromatic rings. The SMILES string of the molecule is FCCC=C1CCC(C2CCC3(CC2)OCCO3)CC1. The lowest BCUT2D eigenvalue weighted by atomic mass is 9.71. The molecule has 0 N–H and O–H groups in total. The maximum atomic E-state index is 12.2. The predicted molar refractivity (Wildman–Crippen MR) is 77.2 cm³/mol. The van der Waals surface area contributed by atoms with Crippen molar-refractivity contribution in [1.82, 2.24) is 0 Å².